The van der Waals surface area contributed by atoms with Crippen molar-refractivity contribution in [1.29, 1.82) is 0 Å². The molecule has 1 atom stereocenters. The van der Waals surface area contributed by atoms with Gasteiger partial charge in [0, 0.05) is 13.5 Å². The lowest BCUT2D eigenvalue weighted by Crippen LogP contribution is -3.00. The Morgan fingerprint density at radius 1 is 0.683 bits per heavy atom. The van der Waals surface area contributed by atoms with Crippen LogP contribution in [0.5, 0.6) is 0 Å². The monoisotopic (exact) mass is 607 g/mol. The lowest BCUT2D eigenvalue weighted by molar-refractivity contribution is -0.870. The van der Waals surface area contributed by atoms with Gasteiger partial charge in [-0.3, -0.25) is 4.79 Å². The summed E-state index contributed by atoms with van der Waals surface area (Å²) in [4.78, 5) is 35.7. The standard InChI is InChI=1S/C31H61N3O6.ClH/c1-6-7-8-9-10-11-12-13-14-15-16-17-18-19-20-21-25-38-31(37)33-26-28(40-30(36)32-2)27-39-29(35)23-22-24-34(3,4)5;/h28H,6-27H2,1-5H3,(H-,32,33,36,37);1H/t28-;/m0./s1. The first-order valence-corrected chi connectivity index (χ1v) is 15.9. The first-order chi connectivity index (χ1) is 19.2. The molecule has 41 heavy (non-hydrogen) atoms. The molecule has 0 aliphatic rings. The highest BCUT2D eigenvalue weighted by Crippen LogP contribution is 2.13. The topological polar surface area (TPSA) is 103 Å². The number of carbonyl (C=O) groups excluding carboxylic acids is 3. The molecule has 0 aliphatic heterocycles. The van der Waals surface area contributed by atoms with Crippen LogP contribution in [0.25, 0.3) is 0 Å². The van der Waals surface area contributed by atoms with Crippen LogP contribution in [0.4, 0.5) is 9.59 Å². The molecule has 0 heterocycles. The van der Waals surface area contributed by atoms with E-state index in [2.05, 4.69) is 38.7 Å². The molecule has 0 saturated carbocycles. The Balaban J connectivity index is 0. The zero-order chi connectivity index (χ0) is 29.9. The molecule has 0 bridgehead atoms. The van der Waals surface area contributed by atoms with Gasteiger partial charge in [-0.15, -0.1) is 0 Å². The van der Waals surface area contributed by atoms with Crippen LogP contribution in [-0.2, 0) is 19.0 Å². The van der Waals surface area contributed by atoms with Crippen LogP contribution in [0, 0.1) is 0 Å². The van der Waals surface area contributed by atoms with E-state index in [1.165, 1.54) is 90.5 Å². The van der Waals surface area contributed by atoms with Crippen molar-refractivity contribution in [2.24, 2.45) is 0 Å². The predicted octanol–water partition coefficient (Wildman–Crippen LogP) is 3.73. The third kappa shape index (κ3) is 31.0. The highest BCUT2D eigenvalue weighted by atomic mass is 35.5. The summed E-state index contributed by atoms with van der Waals surface area (Å²) in [7, 11) is 7.62. The van der Waals surface area contributed by atoms with Gasteiger partial charge in [0.15, 0.2) is 6.10 Å². The maximum Gasteiger partial charge on any atom is 0.407 e. The van der Waals surface area contributed by atoms with Crippen molar-refractivity contribution < 1.29 is 45.5 Å². The Morgan fingerprint density at radius 3 is 1.63 bits per heavy atom. The predicted molar refractivity (Wildman–Crippen MR) is 161 cm³/mol. The molecule has 0 aromatic rings. The van der Waals surface area contributed by atoms with Crippen LogP contribution in [0.3, 0.4) is 0 Å². The fourth-order valence-electron chi connectivity index (χ4n) is 4.36. The number of alkyl carbamates (subject to hydrolysis) is 2. The average Bonchev–Trinajstić information content (AvgIpc) is 2.91. The Kier molecular flexibility index (Phi) is 28.7. The second-order valence-corrected chi connectivity index (χ2v) is 11.9. The van der Waals surface area contributed by atoms with Crippen molar-refractivity contribution in [3.63, 3.8) is 0 Å². The number of amides is 2. The normalized spacial score (nSPS) is 11.7. The second-order valence-electron chi connectivity index (χ2n) is 11.9. The molecule has 244 valence electrons. The van der Waals surface area contributed by atoms with E-state index < -0.39 is 18.3 Å². The second kappa shape index (κ2) is 28.4. The highest BCUT2D eigenvalue weighted by Gasteiger charge is 2.18. The van der Waals surface area contributed by atoms with E-state index in [1.807, 2.05) is 0 Å². The minimum Gasteiger partial charge on any atom is -1.00 e. The van der Waals surface area contributed by atoms with E-state index in [0.29, 0.717) is 13.0 Å². The summed E-state index contributed by atoms with van der Waals surface area (Å²) >= 11 is 0. The van der Waals surface area contributed by atoms with Gasteiger partial charge in [-0.05, 0) is 6.42 Å². The summed E-state index contributed by atoms with van der Waals surface area (Å²) in [5.41, 5.74) is 0. The molecule has 0 aromatic carbocycles. The number of carbonyl (C=O) groups is 3. The Hall–Kier alpha value is -1.74. The van der Waals surface area contributed by atoms with E-state index in [4.69, 9.17) is 14.2 Å². The van der Waals surface area contributed by atoms with Gasteiger partial charge < -0.3 is 41.7 Å². The number of halogens is 1. The van der Waals surface area contributed by atoms with Crippen molar-refractivity contribution in [2.75, 3.05) is 54.5 Å². The van der Waals surface area contributed by atoms with Gasteiger partial charge in [0.25, 0.3) is 0 Å². The number of ether oxygens (including phenoxy) is 3. The van der Waals surface area contributed by atoms with Crippen LogP contribution in [-0.4, -0.2) is 83.2 Å². The summed E-state index contributed by atoms with van der Waals surface area (Å²) in [5, 5.41) is 4.95. The van der Waals surface area contributed by atoms with Crippen LogP contribution in [0.1, 0.15) is 122 Å². The molecule has 0 fully saturated rings. The third-order valence-corrected chi connectivity index (χ3v) is 6.82. The lowest BCUT2D eigenvalue weighted by Gasteiger charge is -2.23. The van der Waals surface area contributed by atoms with E-state index >= 15 is 0 Å². The van der Waals surface area contributed by atoms with Gasteiger partial charge in [-0.2, -0.15) is 0 Å². The molecule has 0 aromatic heterocycles. The molecule has 0 aliphatic carbocycles. The molecule has 0 radical (unpaired) electrons. The molecule has 10 heteroatoms. The van der Waals surface area contributed by atoms with Crippen molar-refractivity contribution in [2.45, 2.75) is 129 Å². The van der Waals surface area contributed by atoms with Crippen molar-refractivity contribution >= 4 is 18.2 Å². The molecule has 2 amide bonds. The quantitative estimate of drug-likeness (QED) is 0.0672. The van der Waals surface area contributed by atoms with Crippen LogP contribution in [0.15, 0.2) is 0 Å². The average molecular weight is 608 g/mol. The van der Waals surface area contributed by atoms with E-state index in [0.717, 1.165) is 30.3 Å². The largest absolute Gasteiger partial charge is 1.00 e. The number of quaternary nitrogens is 1. The molecule has 2 N–H and O–H groups in total. The van der Waals surface area contributed by atoms with E-state index in [-0.39, 0.29) is 37.9 Å². The smallest absolute Gasteiger partial charge is 0.407 e. The van der Waals surface area contributed by atoms with Crippen molar-refractivity contribution in [3.05, 3.63) is 0 Å². The maximum absolute atomic E-state index is 12.0. The number of rotatable bonds is 26. The van der Waals surface area contributed by atoms with Gasteiger partial charge in [-0.1, -0.05) is 103 Å². The summed E-state index contributed by atoms with van der Waals surface area (Å²) in [6.45, 7) is 3.34. The molecular formula is C31H62ClN3O6. The Bertz CT molecular complexity index is 646. The summed E-state index contributed by atoms with van der Waals surface area (Å²) in [6.07, 6.45) is 19.7. The summed E-state index contributed by atoms with van der Waals surface area (Å²) in [6, 6.07) is 0. The molecular weight excluding hydrogens is 546 g/mol. The number of hydrogen-bond donors (Lipinski definition) is 2. The molecule has 0 saturated heterocycles. The number of hydrogen-bond acceptors (Lipinski definition) is 6. The van der Waals surface area contributed by atoms with Crippen LogP contribution in [0.2, 0.25) is 0 Å². The fraction of sp³-hybridized carbons (Fsp3) is 0.903. The molecule has 9 nitrogen and oxygen atoms in total. The highest BCUT2D eigenvalue weighted by molar-refractivity contribution is 5.70. The zero-order valence-corrected chi connectivity index (χ0v) is 27.7. The van der Waals surface area contributed by atoms with E-state index in [9.17, 15) is 14.4 Å². The minimum atomic E-state index is -0.801. The van der Waals surface area contributed by atoms with Gasteiger partial charge in [0.1, 0.15) is 6.61 Å². The Labute approximate surface area is 257 Å². The van der Waals surface area contributed by atoms with Crippen molar-refractivity contribution in [3.8, 4) is 0 Å². The van der Waals surface area contributed by atoms with Crippen LogP contribution < -0.4 is 23.0 Å². The number of nitrogens with zero attached hydrogens (tertiary/aromatic N) is 1. The number of nitrogens with one attached hydrogen (secondary N) is 2. The minimum absolute atomic E-state index is 0. The Morgan fingerprint density at radius 2 is 1.17 bits per heavy atom. The summed E-state index contributed by atoms with van der Waals surface area (Å²) in [5.74, 6) is -0.356. The maximum atomic E-state index is 12.0. The van der Waals surface area contributed by atoms with Crippen molar-refractivity contribution in [1.82, 2.24) is 10.6 Å². The van der Waals surface area contributed by atoms with Gasteiger partial charge in [0.05, 0.1) is 47.3 Å². The number of unbranched alkanes of at least 4 members (excludes halogenated alkanes) is 15. The van der Waals surface area contributed by atoms with Gasteiger partial charge >= 0.3 is 18.2 Å². The molecule has 0 spiro atoms. The first kappa shape index (κ1) is 41.4. The van der Waals surface area contributed by atoms with Crippen LogP contribution >= 0.6 is 0 Å². The SMILES string of the molecule is CCCCCCCCCCCCCCCCCCOC(=O)NC[C@@H](COC(=O)CCC[N+](C)(C)C)OC(=O)NC.[Cl-]. The number of esters is 1. The van der Waals surface area contributed by atoms with Gasteiger partial charge in [-0.25, -0.2) is 9.59 Å². The fourth-order valence-corrected chi connectivity index (χ4v) is 4.36. The van der Waals surface area contributed by atoms with Gasteiger partial charge in [0.2, 0.25) is 0 Å². The third-order valence-electron chi connectivity index (χ3n) is 6.82. The first-order valence-electron chi connectivity index (χ1n) is 15.9. The molecule has 0 rings (SSSR count). The summed E-state index contributed by atoms with van der Waals surface area (Å²) < 4.78 is 16.5. The van der Waals surface area contributed by atoms with E-state index in [1.54, 1.807) is 0 Å². The molecule has 0 unspecified atom stereocenters. The lowest BCUT2D eigenvalue weighted by atomic mass is 10.0. The zero-order valence-electron chi connectivity index (χ0n) is 26.9.